The van der Waals surface area contributed by atoms with Crippen LogP contribution in [0.25, 0.3) is 0 Å². The van der Waals surface area contributed by atoms with Crippen molar-refractivity contribution in [3.63, 3.8) is 0 Å². The second kappa shape index (κ2) is 6.13. The summed E-state index contributed by atoms with van der Waals surface area (Å²) in [5.41, 5.74) is 6.67. The molecule has 0 aromatic heterocycles. The van der Waals surface area contributed by atoms with Crippen molar-refractivity contribution in [2.75, 3.05) is 25.0 Å². The third kappa shape index (κ3) is 3.19. The molecule has 2 aliphatic rings. The number of hydrogen-bond donors (Lipinski definition) is 2. The number of carbonyl (C=O) groups is 1. The van der Waals surface area contributed by atoms with Crippen LogP contribution in [0.4, 0.5) is 5.69 Å². The number of hydrogen-bond acceptors (Lipinski definition) is 3. The molecule has 3 rings (SSSR count). The van der Waals surface area contributed by atoms with Crippen molar-refractivity contribution in [3.05, 3.63) is 28.2 Å². The van der Waals surface area contributed by atoms with Crippen molar-refractivity contribution in [2.45, 2.75) is 18.9 Å². The van der Waals surface area contributed by atoms with Gasteiger partial charge in [-0.25, -0.2) is 0 Å². The van der Waals surface area contributed by atoms with E-state index >= 15 is 0 Å². The van der Waals surface area contributed by atoms with Crippen LogP contribution in [-0.4, -0.2) is 36.5 Å². The predicted molar refractivity (Wildman–Crippen MR) is 85.7 cm³/mol. The fourth-order valence-corrected chi connectivity index (χ4v) is 3.87. The Hall–Kier alpha value is -0.810. The number of nitrogens with one attached hydrogen (secondary N) is 1. The van der Waals surface area contributed by atoms with Gasteiger partial charge in [0, 0.05) is 19.1 Å². The number of rotatable bonds is 3. The molecular weight excluding hydrogens is 309 g/mol. The van der Waals surface area contributed by atoms with Crippen LogP contribution >= 0.6 is 23.2 Å². The standard InChI is InChI=1S/C15H19Cl2N3O/c16-11-2-1-3-13(15(11)17)19-14(21)8-20-6-9-4-5-12(18)10(9)7-20/h1-3,9-10,12H,4-8,18H2,(H,19,21). The molecule has 1 aliphatic heterocycles. The van der Waals surface area contributed by atoms with Gasteiger partial charge in [0.1, 0.15) is 0 Å². The van der Waals surface area contributed by atoms with E-state index in [4.69, 9.17) is 28.9 Å². The summed E-state index contributed by atoms with van der Waals surface area (Å²) in [5, 5.41) is 3.65. The average molecular weight is 328 g/mol. The lowest BCUT2D eigenvalue weighted by atomic mass is 9.98. The summed E-state index contributed by atoms with van der Waals surface area (Å²) in [6, 6.07) is 5.51. The maximum atomic E-state index is 12.1. The number of halogens is 2. The van der Waals surface area contributed by atoms with Crippen LogP contribution in [-0.2, 0) is 4.79 Å². The first-order chi connectivity index (χ1) is 10.0. The van der Waals surface area contributed by atoms with Crippen molar-refractivity contribution >= 4 is 34.8 Å². The summed E-state index contributed by atoms with van der Waals surface area (Å²) < 4.78 is 0. The molecule has 3 N–H and O–H groups in total. The Morgan fingerprint density at radius 1 is 1.33 bits per heavy atom. The van der Waals surface area contributed by atoms with Crippen molar-refractivity contribution in [1.82, 2.24) is 4.90 Å². The minimum absolute atomic E-state index is 0.0623. The SMILES string of the molecule is NC1CCC2CN(CC(=O)Nc3cccc(Cl)c3Cl)CC12. The highest BCUT2D eigenvalue weighted by Crippen LogP contribution is 2.37. The average Bonchev–Trinajstić information content (AvgIpc) is 2.97. The number of amides is 1. The molecule has 1 amide bonds. The molecule has 3 unspecified atom stereocenters. The molecule has 2 fully saturated rings. The van der Waals surface area contributed by atoms with Crippen LogP contribution in [0, 0.1) is 11.8 Å². The normalized spacial score (nSPS) is 28.6. The van der Waals surface area contributed by atoms with E-state index in [1.807, 2.05) is 0 Å². The largest absolute Gasteiger partial charge is 0.327 e. The molecule has 3 atom stereocenters. The highest BCUT2D eigenvalue weighted by Gasteiger charge is 2.41. The molecule has 114 valence electrons. The van der Waals surface area contributed by atoms with Gasteiger partial charge in [-0.3, -0.25) is 9.69 Å². The number of anilines is 1. The van der Waals surface area contributed by atoms with E-state index in [2.05, 4.69) is 10.2 Å². The monoisotopic (exact) mass is 327 g/mol. The zero-order chi connectivity index (χ0) is 15.0. The molecule has 1 saturated heterocycles. The van der Waals surface area contributed by atoms with Crippen molar-refractivity contribution in [3.8, 4) is 0 Å². The van der Waals surface area contributed by atoms with Gasteiger partial charge in [0.05, 0.1) is 22.3 Å². The molecule has 1 heterocycles. The van der Waals surface area contributed by atoms with E-state index in [1.54, 1.807) is 18.2 Å². The van der Waals surface area contributed by atoms with E-state index in [9.17, 15) is 4.79 Å². The molecule has 21 heavy (non-hydrogen) atoms. The molecule has 4 nitrogen and oxygen atoms in total. The van der Waals surface area contributed by atoms with Crippen LogP contribution in [0.1, 0.15) is 12.8 Å². The zero-order valence-electron chi connectivity index (χ0n) is 11.7. The fourth-order valence-electron chi connectivity index (χ4n) is 3.52. The van der Waals surface area contributed by atoms with E-state index in [1.165, 1.54) is 6.42 Å². The van der Waals surface area contributed by atoms with E-state index in [-0.39, 0.29) is 5.91 Å². The minimum atomic E-state index is -0.0623. The predicted octanol–water partition coefficient (Wildman–Crippen LogP) is 2.60. The lowest BCUT2D eigenvalue weighted by molar-refractivity contribution is -0.117. The van der Waals surface area contributed by atoms with Crippen LogP contribution in [0.5, 0.6) is 0 Å². The molecule has 0 bridgehead atoms. The van der Waals surface area contributed by atoms with Crippen LogP contribution in [0.2, 0.25) is 10.0 Å². The first-order valence-corrected chi connectivity index (χ1v) is 8.02. The molecule has 0 spiro atoms. The zero-order valence-corrected chi connectivity index (χ0v) is 13.2. The number of benzene rings is 1. The van der Waals surface area contributed by atoms with Crippen LogP contribution < -0.4 is 11.1 Å². The Labute approximate surface area is 134 Å². The highest BCUT2D eigenvalue weighted by atomic mass is 35.5. The number of nitrogens with zero attached hydrogens (tertiary/aromatic N) is 1. The third-order valence-corrected chi connectivity index (χ3v) is 5.40. The summed E-state index contributed by atoms with van der Waals surface area (Å²) in [7, 11) is 0. The van der Waals surface area contributed by atoms with Gasteiger partial charge in [0.2, 0.25) is 5.91 Å². The van der Waals surface area contributed by atoms with E-state index < -0.39 is 0 Å². The van der Waals surface area contributed by atoms with Gasteiger partial charge in [0.25, 0.3) is 0 Å². The van der Waals surface area contributed by atoms with Crippen molar-refractivity contribution in [2.24, 2.45) is 17.6 Å². The molecule has 1 aromatic rings. The van der Waals surface area contributed by atoms with Crippen molar-refractivity contribution < 1.29 is 4.79 Å². The minimum Gasteiger partial charge on any atom is -0.327 e. The molecule has 1 aliphatic carbocycles. The van der Waals surface area contributed by atoms with Crippen molar-refractivity contribution in [1.29, 1.82) is 0 Å². The molecule has 6 heteroatoms. The topological polar surface area (TPSA) is 58.4 Å². The van der Waals surface area contributed by atoms with Gasteiger partial charge in [-0.15, -0.1) is 0 Å². The van der Waals surface area contributed by atoms with Gasteiger partial charge >= 0.3 is 0 Å². The second-order valence-corrected chi connectivity index (χ2v) is 6.79. The van der Waals surface area contributed by atoms with Gasteiger partial charge in [0.15, 0.2) is 0 Å². The Morgan fingerprint density at radius 3 is 2.90 bits per heavy atom. The van der Waals surface area contributed by atoms with Gasteiger partial charge < -0.3 is 11.1 Å². The Balaban J connectivity index is 1.57. The summed E-state index contributed by atoms with van der Waals surface area (Å²) in [4.78, 5) is 14.3. The van der Waals surface area contributed by atoms with Gasteiger partial charge in [-0.1, -0.05) is 29.3 Å². The number of fused-ring (bicyclic) bond motifs is 1. The van der Waals surface area contributed by atoms with Crippen LogP contribution in [0.3, 0.4) is 0 Å². The van der Waals surface area contributed by atoms with E-state index in [0.29, 0.717) is 40.2 Å². The Kier molecular flexibility index (Phi) is 4.41. The Morgan fingerprint density at radius 2 is 2.14 bits per heavy atom. The lowest BCUT2D eigenvalue weighted by Crippen LogP contribution is -2.34. The van der Waals surface area contributed by atoms with Gasteiger partial charge in [-0.05, 0) is 36.8 Å². The van der Waals surface area contributed by atoms with Crippen LogP contribution in [0.15, 0.2) is 18.2 Å². The number of nitrogens with two attached hydrogens (primary N) is 1. The highest BCUT2D eigenvalue weighted by molar-refractivity contribution is 6.43. The summed E-state index contributed by atoms with van der Waals surface area (Å²) in [5.74, 6) is 1.14. The first-order valence-electron chi connectivity index (χ1n) is 7.26. The summed E-state index contributed by atoms with van der Waals surface area (Å²) in [6.07, 6.45) is 2.30. The maximum absolute atomic E-state index is 12.1. The van der Waals surface area contributed by atoms with Gasteiger partial charge in [-0.2, -0.15) is 0 Å². The maximum Gasteiger partial charge on any atom is 0.238 e. The fraction of sp³-hybridized carbons (Fsp3) is 0.533. The first kappa shape index (κ1) is 15.1. The lowest BCUT2D eigenvalue weighted by Gasteiger charge is -2.18. The number of carbonyl (C=O) groups excluding carboxylic acids is 1. The third-order valence-electron chi connectivity index (χ3n) is 4.58. The Bertz CT molecular complexity index is 552. The molecular formula is C15H19Cl2N3O. The summed E-state index contributed by atoms with van der Waals surface area (Å²) >= 11 is 12.0. The number of likely N-dealkylation sites (tertiary alicyclic amines) is 1. The second-order valence-electron chi connectivity index (χ2n) is 6.01. The molecule has 0 radical (unpaired) electrons. The molecule has 1 saturated carbocycles. The quantitative estimate of drug-likeness (QED) is 0.897. The molecule has 1 aromatic carbocycles. The summed E-state index contributed by atoms with van der Waals surface area (Å²) in [6.45, 7) is 2.26. The van der Waals surface area contributed by atoms with E-state index in [0.717, 1.165) is 19.5 Å². The smallest absolute Gasteiger partial charge is 0.238 e.